The van der Waals surface area contributed by atoms with Gasteiger partial charge in [0.05, 0.1) is 0 Å². The molecule has 0 bridgehead atoms. The van der Waals surface area contributed by atoms with Crippen LogP contribution in [0.5, 0.6) is 0 Å². The third-order valence-corrected chi connectivity index (χ3v) is 2.06. The summed E-state index contributed by atoms with van der Waals surface area (Å²) < 4.78 is 0. The fourth-order valence-electron chi connectivity index (χ4n) is 1.02. The summed E-state index contributed by atoms with van der Waals surface area (Å²) in [5.41, 5.74) is 5.28. The van der Waals surface area contributed by atoms with E-state index < -0.39 is 0 Å². The van der Waals surface area contributed by atoms with Gasteiger partial charge in [-0.2, -0.15) is 0 Å². The smallest absolute Gasteiger partial charge is 0.160 e. The Balaban J connectivity index is 3.88. The maximum Gasteiger partial charge on any atom is 0.160 e. The van der Waals surface area contributed by atoms with Gasteiger partial charge in [-0.3, -0.25) is 4.79 Å². The molecule has 0 aromatic rings. The maximum atomic E-state index is 11.5. The molecule has 0 spiro atoms. The molecule has 0 aliphatic rings. The summed E-state index contributed by atoms with van der Waals surface area (Å²) in [4.78, 5) is 11.5. The van der Waals surface area contributed by atoms with Crippen LogP contribution in [-0.2, 0) is 4.79 Å². The molecular weight excluding hydrogens is 198 g/mol. The third-order valence-electron chi connectivity index (χ3n) is 2.06. The Hall–Kier alpha value is -0.890. The molecule has 0 rings (SSSR count). The van der Waals surface area contributed by atoms with E-state index in [0.717, 1.165) is 12.8 Å². The molecule has 92 valence electrons. The first-order chi connectivity index (χ1) is 7.13. The van der Waals surface area contributed by atoms with E-state index >= 15 is 0 Å². The van der Waals surface area contributed by atoms with Gasteiger partial charge in [0.25, 0.3) is 0 Å². The molecule has 0 unspecified atom stereocenters. The molecule has 2 N–H and O–H groups in total. The van der Waals surface area contributed by atoms with Crippen LogP contribution in [0, 0.1) is 5.41 Å². The SMILES string of the molecule is CC(C)(N)/C=C/CC/C=C/C(=O)C(C)(C)C. The molecular formula is C14H25NO. The number of hydrogen-bond acceptors (Lipinski definition) is 2. The zero-order valence-electron chi connectivity index (χ0n) is 11.2. The molecule has 0 saturated carbocycles. The number of allylic oxidation sites excluding steroid dienone is 3. The van der Waals surface area contributed by atoms with E-state index in [0.29, 0.717) is 0 Å². The average molecular weight is 223 g/mol. The normalized spacial score (nSPS) is 13.9. The van der Waals surface area contributed by atoms with Gasteiger partial charge in [0.15, 0.2) is 5.78 Å². The molecule has 0 aliphatic carbocycles. The molecule has 0 saturated heterocycles. The standard InChI is InChI=1S/C14H25NO/c1-13(2,3)12(16)10-8-6-7-9-11-14(4,5)15/h8-11H,6-7,15H2,1-5H3/b10-8+,11-9+. The van der Waals surface area contributed by atoms with Crippen molar-refractivity contribution >= 4 is 5.78 Å². The molecule has 16 heavy (non-hydrogen) atoms. The first-order valence-electron chi connectivity index (χ1n) is 5.80. The average Bonchev–Trinajstić information content (AvgIpc) is 2.07. The van der Waals surface area contributed by atoms with Gasteiger partial charge >= 0.3 is 0 Å². The van der Waals surface area contributed by atoms with E-state index in [1.54, 1.807) is 6.08 Å². The summed E-state index contributed by atoms with van der Waals surface area (Å²) in [7, 11) is 0. The van der Waals surface area contributed by atoms with Crippen LogP contribution in [0.4, 0.5) is 0 Å². The van der Waals surface area contributed by atoms with E-state index in [9.17, 15) is 4.79 Å². The van der Waals surface area contributed by atoms with Crippen molar-refractivity contribution in [3.05, 3.63) is 24.3 Å². The predicted molar refractivity (Wildman–Crippen MR) is 70.2 cm³/mol. The zero-order chi connectivity index (χ0) is 12.8. The Kier molecular flexibility index (Phi) is 5.66. The van der Waals surface area contributed by atoms with Crippen LogP contribution in [0.2, 0.25) is 0 Å². The number of carbonyl (C=O) groups is 1. The van der Waals surface area contributed by atoms with Gasteiger partial charge in [-0.15, -0.1) is 0 Å². The van der Waals surface area contributed by atoms with Crippen LogP contribution in [0.3, 0.4) is 0 Å². The summed E-state index contributed by atoms with van der Waals surface area (Å²) in [6, 6.07) is 0. The van der Waals surface area contributed by atoms with Crippen LogP contribution in [0.1, 0.15) is 47.5 Å². The lowest BCUT2D eigenvalue weighted by atomic mass is 9.90. The summed E-state index contributed by atoms with van der Waals surface area (Å²) in [5, 5.41) is 0. The van der Waals surface area contributed by atoms with E-state index in [1.165, 1.54) is 0 Å². The molecule has 0 aromatic heterocycles. The largest absolute Gasteiger partial charge is 0.322 e. The molecule has 2 nitrogen and oxygen atoms in total. The van der Waals surface area contributed by atoms with Crippen LogP contribution < -0.4 is 5.73 Å². The Morgan fingerprint density at radius 2 is 1.56 bits per heavy atom. The van der Waals surface area contributed by atoms with Crippen LogP contribution >= 0.6 is 0 Å². The first kappa shape index (κ1) is 15.1. The second-order valence-electron chi connectivity index (χ2n) is 5.82. The van der Waals surface area contributed by atoms with Gasteiger partial charge in [0.1, 0.15) is 0 Å². The number of unbranched alkanes of at least 4 members (excludes halogenated alkanes) is 1. The maximum absolute atomic E-state index is 11.5. The van der Waals surface area contributed by atoms with Crippen molar-refractivity contribution in [2.24, 2.45) is 11.1 Å². The molecule has 0 aliphatic heterocycles. The van der Waals surface area contributed by atoms with E-state index in [4.69, 9.17) is 5.73 Å². The fraction of sp³-hybridized carbons (Fsp3) is 0.643. The van der Waals surface area contributed by atoms with Crippen molar-refractivity contribution in [1.82, 2.24) is 0 Å². The van der Waals surface area contributed by atoms with Gasteiger partial charge in [0, 0.05) is 11.0 Å². The van der Waals surface area contributed by atoms with Crippen molar-refractivity contribution < 1.29 is 4.79 Å². The fourth-order valence-corrected chi connectivity index (χ4v) is 1.02. The summed E-state index contributed by atoms with van der Waals surface area (Å²) in [6.45, 7) is 9.70. The minimum atomic E-state index is -0.272. The molecule has 0 radical (unpaired) electrons. The Morgan fingerprint density at radius 1 is 1.06 bits per heavy atom. The molecule has 0 aromatic carbocycles. The highest BCUT2D eigenvalue weighted by atomic mass is 16.1. The molecule has 0 fully saturated rings. The molecule has 0 atom stereocenters. The minimum absolute atomic E-state index is 0.177. The highest BCUT2D eigenvalue weighted by molar-refractivity contribution is 5.93. The molecule has 0 amide bonds. The van der Waals surface area contributed by atoms with Crippen molar-refractivity contribution in [2.45, 2.75) is 53.0 Å². The molecule has 0 heterocycles. The van der Waals surface area contributed by atoms with Gasteiger partial charge in [-0.25, -0.2) is 0 Å². The molecule has 2 heteroatoms. The summed E-state index contributed by atoms with van der Waals surface area (Å²) in [6.07, 6.45) is 9.48. The van der Waals surface area contributed by atoms with Crippen LogP contribution in [0.15, 0.2) is 24.3 Å². The second kappa shape index (κ2) is 6.00. The van der Waals surface area contributed by atoms with Crippen molar-refractivity contribution in [1.29, 1.82) is 0 Å². The third kappa shape index (κ3) is 8.42. The second-order valence-corrected chi connectivity index (χ2v) is 5.82. The lowest BCUT2D eigenvalue weighted by molar-refractivity contribution is -0.121. The monoisotopic (exact) mass is 223 g/mol. The lowest BCUT2D eigenvalue weighted by Gasteiger charge is -2.12. The topological polar surface area (TPSA) is 43.1 Å². The van der Waals surface area contributed by atoms with Gasteiger partial charge < -0.3 is 5.73 Å². The Bertz CT molecular complexity index is 274. The van der Waals surface area contributed by atoms with Gasteiger partial charge in [-0.1, -0.05) is 39.0 Å². The highest BCUT2D eigenvalue weighted by Crippen LogP contribution is 2.15. The van der Waals surface area contributed by atoms with E-state index in [1.807, 2.05) is 46.8 Å². The quantitative estimate of drug-likeness (QED) is 0.442. The van der Waals surface area contributed by atoms with Crippen molar-refractivity contribution in [3.63, 3.8) is 0 Å². The first-order valence-corrected chi connectivity index (χ1v) is 5.80. The number of ketones is 1. The Labute approximate surface area is 99.6 Å². The number of rotatable bonds is 5. The summed E-state index contributed by atoms with van der Waals surface area (Å²) >= 11 is 0. The highest BCUT2D eigenvalue weighted by Gasteiger charge is 2.17. The van der Waals surface area contributed by atoms with E-state index in [2.05, 4.69) is 6.08 Å². The lowest BCUT2D eigenvalue weighted by Crippen LogP contribution is -2.28. The minimum Gasteiger partial charge on any atom is -0.322 e. The van der Waals surface area contributed by atoms with Crippen LogP contribution in [0.25, 0.3) is 0 Å². The Morgan fingerprint density at radius 3 is 2.00 bits per heavy atom. The number of nitrogens with two attached hydrogens (primary N) is 1. The van der Waals surface area contributed by atoms with Gasteiger partial charge in [-0.05, 0) is 32.8 Å². The predicted octanol–water partition coefficient (Wildman–Crippen LogP) is 3.23. The zero-order valence-corrected chi connectivity index (χ0v) is 11.2. The van der Waals surface area contributed by atoms with Crippen molar-refractivity contribution in [2.75, 3.05) is 0 Å². The van der Waals surface area contributed by atoms with Crippen molar-refractivity contribution in [3.8, 4) is 0 Å². The summed E-state index contributed by atoms with van der Waals surface area (Å²) in [5.74, 6) is 0.177. The number of hydrogen-bond donors (Lipinski definition) is 1. The van der Waals surface area contributed by atoms with Gasteiger partial charge in [0.2, 0.25) is 0 Å². The van der Waals surface area contributed by atoms with Crippen LogP contribution in [-0.4, -0.2) is 11.3 Å². The van der Waals surface area contributed by atoms with E-state index in [-0.39, 0.29) is 16.7 Å². The number of carbonyl (C=O) groups excluding carboxylic acids is 1.